The third kappa shape index (κ3) is 63.5. The van der Waals surface area contributed by atoms with Crippen LogP contribution in [0.25, 0.3) is 0 Å². The van der Waals surface area contributed by atoms with Crippen LogP contribution in [0.3, 0.4) is 0 Å². The summed E-state index contributed by atoms with van der Waals surface area (Å²) in [6.45, 7) is 4.93. The number of ether oxygens (including phenoxy) is 1. The Bertz CT molecular complexity index is 1220. The van der Waals surface area contributed by atoms with E-state index in [1.165, 1.54) is 327 Å². The van der Waals surface area contributed by atoms with Gasteiger partial charge >= 0.3 is 5.97 Å². The van der Waals surface area contributed by atoms with Crippen LogP contribution in [0.1, 0.15) is 399 Å². The van der Waals surface area contributed by atoms with E-state index in [9.17, 15) is 19.8 Å². The number of aliphatic hydroxyl groups is 2. The summed E-state index contributed by atoms with van der Waals surface area (Å²) in [4.78, 5) is 24.6. The molecule has 0 spiro atoms. The zero-order chi connectivity index (χ0) is 56.4. The lowest BCUT2D eigenvalue weighted by molar-refractivity contribution is -0.143. The molecule has 2 unspecified atom stereocenters. The van der Waals surface area contributed by atoms with Gasteiger partial charge in [-0.25, -0.2) is 0 Å². The fraction of sp³-hybridized carbons (Fsp3) is 0.917. The van der Waals surface area contributed by atoms with Gasteiger partial charge in [0.1, 0.15) is 0 Å². The van der Waals surface area contributed by atoms with Crippen molar-refractivity contribution in [2.24, 2.45) is 0 Å². The van der Waals surface area contributed by atoms with Crippen molar-refractivity contribution in [2.45, 2.75) is 411 Å². The highest BCUT2D eigenvalue weighted by Gasteiger charge is 2.18. The lowest BCUT2D eigenvalue weighted by Gasteiger charge is -2.20. The van der Waals surface area contributed by atoms with Gasteiger partial charge < -0.3 is 20.3 Å². The predicted octanol–water partition coefficient (Wildman–Crippen LogP) is 22.9. The maximum atomic E-state index is 12.5. The number of aliphatic hydroxyl groups excluding tert-OH is 2. The smallest absolute Gasteiger partial charge is 0.305 e. The summed E-state index contributed by atoms with van der Waals surface area (Å²) in [6.07, 6.45) is 85.4. The van der Waals surface area contributed by atoms with Crippen molar-refractivity contribution in [3.8, 4) is 0 Å². The van der Waals surface area contributed by atoms with E-state index in [1.54, 1.807) is 6.08 Å². The van der Waals surface area contributed by atoms with Gasteiger partial charge in [0.15, 0.2) is 0 Å². The molecule has 0 aromatic rings. The van der Waals surface area contributed by atoms with Crippen molar-refractivity contribution in [1.82, 2.24) is 5.32 Å². The van der Waals surface area contributed by atoms with Crippen molar-refractivity contribution in [1.29, 1.82) is 0 Å². The second kappa shape index (κ2) is 67.8. The average molecular weight is 1100 g/mol. The molecule has 6 nitrogen and oxygen atoms in total. The Kier molecular flexibility index (Phi) is 66.4. The number of nitrogens with one attached hydrogen (secondary N) is 1. The fourth-order valence-electron chi connectivity index (χ4n) is 11.3. The van der Waals surface area contributed by atoms with E-state index in [2.05, 4.69) is 31.3 Å². The first-order valence-electron chi connectivity index (χ1n) is 35.6. The number of hydrogen-bond acceptors (Lipinski definition) is 5. The number of allylic oxidation sites excluding steroid dienone is 3. The van der Waals surface area contributed by atoms with E-state index in [0.717, 1.165) is 44.9 Å². The molecule has 0 aliphatic rings. The van der Waals surface area contributed by atoms with Crippen molar-refractivity contribution >= 4 is 11.9 Å². The number of carbonyl (C=O) groups is 2. The van der Waals surface area contributed by atoms with Crippen LogP contribution in [0.15, 0.2) is 24.3 Å². The molecule has 0 saturated carbocycles. The number of esters is 1. The molecule has 0 fully saturated rings. The Balaban J connectivity index is 3.40. The summed E-state index contributed by atoms with van der Waals surface area (Å²) in [5.74, 6) is -0.0562. The summed E-state index contributed by atoms with van der Waals surface area (Å²) in [5.41, 5.74) is 0. The van der Waals surface area contributed by atoms with Crippen LogP contribution in [0.5, 0.6) is 0 Å². The highest BCUT2D eigenvalue weighted by Crippen LogP contribution is 2.19. The summed E-state index contributed by atoms with van der Waals surface area (Å²) in [5, 5.41) is 23.3. The monoisotopic (exact) mass is 1100 g/mol. The Morgan fingerprint density at radius 1 is 0.346 bits per heavy atom. The summed E-state index contributed by atoms with van der Waals surface area (Å²) >= 11 is 0. The van der Waals surface area contributed by atoms with Gasteiger partial charge in [-0.2, -0.15) is 0 Å². The molecule has 3 N–H and O–H groups in total. The van der Waals surface area contributed by atoms with Gasteiger partial charge in [-0.05, 0) is 57.8 Å². The minimum Gasteiger partial charge on any atom is -0.466 e. The van der Waals surface area contributed by atoms with Crippen molar-refractivity contribution < 1.29 is 24.5 Å². The van der Waals surface area contributed by atoms with Crippen LogP contribution in [-0.2, 0) is 14.3 Å². The zero-order valence-electron chi connectivity index (χ0n) is 52.9. The van der Waals surface area contributed by atoms with E-state index in [4.69, 9.17) is 4.74 Å². The van der Waals surface area contributed by atoms with Crippen LogP contribution in [-0.4, -0.2) is 47.4 Å². The lowest BCUT2D eigenvalue weighted by atomic mass is 10.0. The molecular weight excluding hydrogens is 959 g/mol. The van der Waals surface area contributed by atoms with Gasteiger partial charge in [-0.15, -0.1) is 0 Å². The molecule has 0 radical (unpaired) electrons. The molecule has 0 rings (SSSR count). The molecule has 0 saturated heterocycles. The lowest BCUT2D eigenvalue weighted by Crippen LogP contribution is -2.45. The molecule has 0 aromatic carbocycles. The quantitative estimate of drug-likeness (QED) is 0.0320. The molecule has 1 amide bonds. The predicted molar refractivity (Wildman–Crippen MR) is 343 cm³/mol. The highest BCUT2D eigenvalue weighted by atomic mass is 16.5. The third-order valence-electron chi connectivity index (χ3n) is 16.7. The SMILES string of the molecule is CCCCCCCC/C=C\CCCCCCCC(=O)OCCCCCCCCCCCCCCCCCCCCCCCCCC(=O)NC(CO)C(O)/C=C/CCCCCCCCCCCCCCCCCCCCCCC. The van der Waals surface area contributed by atoms with Crippen LogP contribution < -0.4 is 5.32 Å². The van der Waals surface area contributed by atoms with Crippen LogP contribution in [0.4, 0.5) is 0 Å². The molecule has 0 heterocycles. The molecule has 0 aromatic heterocycles. The average Bonchev–Trinajstić information content (AvgIpc) is 3.44. The first kappa shape index (κ1) is 76.3. The normalized spacial score (nSPS) is 12.6. The van der Waals surface area contributed by atoms with Crippen molar-refractivity contribution in [2.75, 3.05) is 13.2 Å². The Labute approximate surface area is 488 Å². The minimum atomic E-state index is -0.845. The first-order valence-corrected chi connectivity index (χ1v) is 35.6. The summed E-state index contributed by atoms with van der Waals surface area (Å²) < 4.78 is 5.49. The van der Waals surface area contributed by atoms with Gasteiger partial charge in [0, 0.05) is 12.8 Å². The van der Waals surface area contributed by atoms with E-state index < -0.39 is 12.1 Å². The largest absolute Gasteiger partial charge is 0.466 e. The van der Waals surface area contributed by atoms with Crippen LogP contribution in [0, 0.1) is 0 Å². The molecule has 0 aliphatic carbocycles. The molecule has 6 heteroatoms. The molecule has 462 valence electrons. The van der Waals surface area contributed by atoms with Gasteiger partial charge in [-0.3, -0.25) is 9.59 Å². The van der Waals surface area contributed by atoms with Crippen molar-refractivity contribution in [3.05, 3.63) is 24.3 Å². The number of unbranched alkanes of at least 4 members (excludes halogenated alkanes) is 54. The topological polar surface area (TPSA) is 95.9 Å². The molecule has 78 heavy (non-hydrogen) atoms. The van der Waals surface area contributed by atoms with Crippen LogP contribution in [0.2, 0.25) is 0 Å². The van der Waals surface area contributed by atoms with E-state index in [1.807, 2.05) is 6.08 Å². The number of carbonyl (C=O) groups excluding carboxylic acids is 2. The third-order valence-corrected chi connectivity index (χ3v) is 16.7. The van der Waals surface area contributed by atoms with E-state index in [0.29, 0.717) is 19.4 Å². The number of hydrogen-bond donors (Lipinski definition) is 3. The van der Waals surface area contributed by atoms with Gasteiger partial charge in [0.05, 0.1) is 25.4 Å². The van der Waals surface area contributed by atoms with E-state index in [-0.39, 0.29) is 18.5 Å². The maximum Gasteiger partial charge on any atom is 0.305 e. The number of amides is 1. The standard InChI is InChI=1S/C72H139NO5/c1-3-5-7-9-11-13-15-17-19-20-21-22-24-27-30-33-37-40-44-48-52-56-60-64-70(75)69(68-74)73-71(76)65-61-57-53-49-45-41-38-34-31-28-25-23-26-29-32-35-39-43-47-51-55-59-63-67-78-72(77)66-62-58-54-50-46-42-36-18-16-14-12-10-8-6-4-2/h18,36,60,64,69-70,74-75H,3-17,19-35,37-59,61-63,65-68H2,1-2H3,(H,73,76)/b36-18-,64-60+. The van der Waals surface area contributed by atoms with Crippen molar-refractivity contribution in [3.63, 3.8) is 0 Å². The van der Waals surface area contributed by atoms with Crippen LogP contribution >= 0.6 is 0 Å². The molecule has 2 atom stereocenters. The summed E-state index contributed by atoms with van der Waals surface area (Å²) in [6, 6.07) is -0.629. The molecule has 0 aliphatic heterocycles. The number of rotatable bonds is 67. The first-order chi connectivity index (χ1) is 38.5. The maximum absolute atomic E-state index is 12.5. The fourth-order valence-corrected chi connectivity index (χ4v) is 11.3. The zero-order valence-corrected chi connectivity index (χ0v) is 52.9. The van der Waals surface area contributed by atoms with Gasteiger partial charge in [0.2, 0.25) is 5.91 Å². The second-order valence-electron chi connectivity index (χ2n) is 24.6. The molecular formula is C72H139NO5. The molecule has 0 bridgehead atoms. The Hall–Kier alpha value is -1.66. The van der Waals surface area contributed by atoms with Gasteiger partial charge in [-0.1, -0.05) is 353 Å². The minimum absolute atomic E-state index is 0.00686. The Morgan fingerprint density at radius 3 is 0.910 bits per heavy atom. The summed E-state index contributed by atoms with van der Waals surface area (Å²) in [7, 11) is 0. The van der Waals surface area contributed by atoms with E-state index >= 15 is 0 Å². The second-order valence-corrected chi connectivity index (χ2v) is 24.6. The Morgan fingerprint density at radius 2 is 0.603 bits per heavy atom. The van der Waals surface area contributed by atoms with Gasteiger partial charge in [0.25, 0.3) is 0 Å². The highest BCUT2D eigenvalue weighted by molar-refractivity contribution is 5.76.